The molecule has 2 rings (SSSR count). The van der Waals surface area contributed by atoms with Gasteiger partial charge in [0.05, 0.1) is 4.47 Å². The summed E-state index contributed by atoms with van der Waals surface area (Å²) in [6.45, 7) is 0. The average Bonchev–Trinajstić information content (AvgIpc) is 2.43. The van der Waals surface area contributed by atoms with Crippen molar-refractivity contribution in [3.8, 4) is 0 Å². The van der Waals surface area contributed by atoms with Gasteiger partial charge in [0.2, 0.25) is 0 Å². The van der Waals surface area contributed by atoms with Crippen LogP contribution in [-0.4, -0.2) is 7.05 Å². The lowest BCUT2D eigenvalue weighted by atomic mass is 9.98. The molecular weight excluding hydrogens is 392 g/mol. The zero-order valence-electron chi connectivity index (χ0n) is 10.8. The lowest BCUT2D eigenvalue weighted by molar-refractivity contribution is 0.533. The number of benzene rings is 2. The van der Waals surface area contributed by atoms with Gasteiger partial charge in [-0.05, 0) is 65.3 Å². The quantitative estimate of drug-likeness (QED) is 0.756. The highest BCUT2D eigenvalue weighted by Crippen LogP contribution is 2.26. The highest BCUT2D eigenvalue weighted by Gasteiger charge is 2.15. The van der Waals surface area contributed by atoms with Gasteiger partial charge in [-0.2, -0.15) is 0 Å². The van der Waals surface area contributed by atoms with Crippen LogP contribution in [0.15, 0.2) is 45.3 Å². The highest BCUT2D eigenvalue weighted by molar-refractivity contribution is 9.10. The van der Waals surface area contributed by atoms with Crippen molar-refractivity contribution in [3.63, 3.8) is 0 Å². The SMILES string of the molecule is CNC(Cc1ccc(F)c(Br)c1)c1cc(Br)ccc1F. The van der Waals surface area contributed by atoms with Gasteiger partial charge in [0.25, 0.3) is 0 Å². The van der Waals surface area contributed by atoms with E-state index < -0.39 is 0 Å². The summed E-state index contributed by atoms with van der Waals surface area (Å²) in [4.78, 5) is 0. The molecule has 2 aromatic rings. The largest absolute Gasteiger partial charge is 0.313 e. The summed E-state index contributed by atoms with van der Waals surface area (Å²) in [6.07, 6.45) is 0.572. The van der Waals surface area contributed by atoms with Crippen LogP contribution in [0, 0.1) is 11.6 Å². The second-order valence-corrected chi connectivity index (χ2v) is 6.23. The van der Waals surface area contributed by atoms with Crippen LogP contribution >= 0.6 is 31.9 Å². The molecule has 0 bridgehead atoms. The maximum absolute atomic E-state index is 13.9. The van der Waals surface area contributed by atoms with Crippen LogP contribution in [0.5, 0.6) is 0 Å². The second-order valence-electron chi connectivity index (χ2n) is 4.46. The molecule has 0 saturated carbocycles. The normalized spacial score (nSPS) is 12.4. The fourth-order valence-corrected chi connectivity index (χ4v) is 2.86. The van der Waals surface area contributed by atoms with Crippen LogP contribution in [0.4, 0.5) is 8.78 Å². The van der Waals surface area contributed by atoms with Crippen LogP contribution < -0.4 is 5.32 Å². The molecule has 0 radical (unpaired) electrons. The van der Waals surface area contributed by atoms with Crippen LogP contribution in [0.3, 0.4) is 0 Å². The third kappa shape index (κ3) is 3.65. The van der Waals surface area contributed by atoms with Gasteiger partial charge in [-0.1, -0.05) is 22.0 Å². The van der Waals surface area contributed by atoms with E-state index in [9.17, 15) is 8.78 Å². The molecule has 0 fully saturated rings. The zero-order chi connectivity index (χ0) is 14.7. The van der Waals surface area contributed by atoms with Gasteiger partial charge in [0, 0.05) is 16.1 Å². The van der Waals surface area contributed by atoms with E-state index in [0.717, 1.165) is 10.0 Å². The van der Waals surface area contributed by atoms with Gasteiger partial charge in [-0.3, -0.25) is 0 Å². The van der Waals surface area contributed by atoms with E-state index >= 15 is 0 Å². The Morgan fingerprint density at radius 2 is 1.75 bits per heavy atom. The third-order valence-corrected chi connectivity index (χ3v) is 4.21. The first kappa shape index (κ1) is 15.6. The Hall–Kier alpha value is -0.780. The molecule has 1 N–H and O–H groups in total. The Kier molecular flexibility index (Phi) is 5.29. The highest BCUT2D eigenvalue weighted by atomic mass is 79.9. The van der Waals surface area contributed by atoms with Gasteiger partial charge < -0.3 is 5.32 Å². The molecule has 2 aromatic carbocycles. The van der Waals surface area contributed by atoms with Crippen molar-refractivity contribution in [1.29, 1.82) is 0 Å². The molecule has 0 spiro atoms. The molecule has 0 aromatic heterocycles. The van der Waals surface area contributed by atoms with E-state index in [-0.39, 0.29) is 17.7 Å². The van der Waals surface area contributed by atoms with Crippen LogP contribution in [0.25, 0.3) is 0 Å². The van der Waals surface area contributed by atoms with E-state index in [4.69, 9.17) is 0 Å². The standard InChI is InChI=1S/C15H13Br2F2N/c1-20-15(11-8-10(16)3-5-13(11)18)7-9-2-4-14(19)12(17)6-9/h2-6,8,15,20H,7H2,1H3. The smallest absolute Gasteiger partial charge is 0.137 e. The van der Waals surface area contributed by atoms with E-state index in [1.165, 1.54) is 12.1 Å². The maximum Gasteiger partial charge on any atom is 0.137 e. The molecule has 1 nitrogen and oxygen atoms in total. The van der Waals surface area contributed by atoms with E-state index in [1.807, 2.05) is 0 Å². The minimum absolute atomic E-state index is 0.176. The molecule has 0 saturated heterocycles. The first-order chi connectivity index (χ1) is 9.51. The number of nitrogens with one attached hydrogen (secondary N) is 1. The second kappa shape index (κ2) is 6.78. The van der Waals surface area contributed by atoms with Crippen molar-refractivity contribution < 1.29 is 8.78 Å². The number of hydrogen-bond acceptors (Lipinski definition) is 1. The van der Waals surface area contributed by atoms with Gasteiger partial charge in [0.15, 0.2) is 0 Å². The van der Waals surface area contributed by atoms with Crippen LogP contribution in [0.1, 0.15) is 17.2 Å². The Bertz CT molecular complexity index is 617. The van der Waals surface area contributed by atoms with Crippen molar-refractivity contribution in [2.24, 2.45) is 0 Å². The Morgan fingerprint density at radius 3 is 2.40 bits per heavy atom. The molecule has 0 aliphatic rings. The minimum atomic E-state index is -0.302. The summed E-state index contributed by atoms with van der Waals surface area (Å²) in [5.74, 6) is -0.558. The molecule has 20 heavy (non-hydrogen) atoms. The molecule has 5 heteroatoms. The summed E-state index contributed by atoms with van der Waals surface area (Å²) in [6, 6.07) is 9.52. The molecule has 0 heterocycles. The molecule has 0 amide bonds. The van der Waals surface area contributed by atoms with Crippen molar-refractivity contribution >= 4 is 31.9 Å². The lowest BCUT2D eigenvalue weighted by Crippen LogP contribution is -2.20. The lowest BCUT2D eigenvalue weighted by Gasteiger charge is -2.18. The number of halogens is 4. The minimum Gasteiger partial charge on any atom is -0.313 e. The Morgan fingerprint density at radius 1 is 1.05 bits per heavy atom. The zero-order valence-corrected chi connectivity index (χ0v) is 13.9. The van der Waals surface area contributed by atoms with Crippen LogP contribution in [-0.2, 0) is 6.42 Å². The maximum atomic E-state index is 13.9. The molecule has 106 valence electrons. The molecule has 0 aliphatic heterocycles. The summed E-state index contributed by atoms with van der Waals surface area (Å²) in [5, 5.41) is 3.10. The number of likely N-dealkylation sites (N-methyl/N-ethyl adjacent to an activating group) is 1. The number of rotatable bonds is 4. The summed E-state index contributed by atoms with van der Waals surface area (Å²) in [5.41, 5.74) is 1.51. The van der Waals surface area contributed by atoms with Crippen molar-refractivity contribution in [2.45, 2.75) is 12.5 Å². The fourth-order valence-electron chi connectivity index (χ4n) is 2.05. The van der Waals surface area contributed by atoms with Gasteiger partial charge in [-0.25, -0.2) is 8.78 Å². The topological polar surface area (TPSA) is 12.0 Å². The predicted molar refractivity (Wildman–Crippen MR) is 83.7 cm³/mol. The van der Waals surface area contributed by atoms with Crippen LogP contribution in [0.2, 0.25) is 0 Å². The monoisotopic (exact) mass is 403 g/mol. The van der Waals surface area contributed by atoms with Gasteiger partial charge in [-0.15, -0.1) is 0 Å². The predicted octanol–water partition coefficient (Wildman–Crippen LogP) is 4.99. The molecule has 1 atom stereocenters. The summed E-state index contributed by atoms with van der Waals surface area (Å²) >= 11 is 6.51. The first-order valence-electron chi connectivity index (χ1n) is 6.07. The average molecular weight is 405 g/mol. The Labute approximate surface area is 133 Å². The van der Waals surface area contributed by atoms with Gasteiger partial charge >= 0.3 is 0 Å². The summed E-state index contributed by atoms with van der Waals surface area (Å²) in [7, 11) is 1.78. The third-order valence-electron chi connectivity index (χ3n) is 3.11. The fraction of sp³-hybridized carbons (Fsp3) is 0.200. The first-order valence-corrected chi connectivity index (χ1v) is 7.66. The molecule has 1 unspecified atom stereocenters. The van der Waals surface area contributed by atoms with E-state index in [0.29, 0.717) is 16.5 Å². The van der Waals surface area contributed by atoms with Crippen molar-refractivity contribution in [3.05, 3.63) is 68.1 Å². The molecule has 0 aliphatic carbocycles. The number of hydrogen-bond donors (Lipinski definition) is 1. The van der Waals surface area contributed by atoms with Crippen molar-refractivity contribution in [1.82, 2.24) is 5.32 Å². The van der Waals surface area contributed by atoms with Crippen molar-refractivity contribution in [2.75, 3.05) is 7.05 Å². The van der Waals surface area contributed by atoms with E-state index in [2.05, 4.69) is 37.2 Å². The summed E-state index contributed by atoms with van der Waals surface area (Å²) < 4.78 is 28.4. The van der Waals surface area contributed by atoms with E-state index in [1.54, 1.807) is 31.3 Å². The Balaban J connectivity index is 2.28. The molecular formula is C15H13Br2F2N. The van der Waals surface area contributed by atoms with Gasteiger partial charge in [0.1, 0.15) is 11.6 Å².